The van der Waals surface area contributed by atoms with Gasteiger partial charge >= 0.3 is 6.18 Å². The molecule has 2 heterocycles. The number of nitrogens with one attached hydrogen (secondary N) is 1. The van der Waals surface area contributed by atoms with Crippen LogP contribution in [-0.2, 0) is 11.8 Å². The van der Waals surface area contributed by atoms with Crippen molar-refractivity contribution in [2.24, 2.45) is 0 Å². The summed E-state index contributed by atoms with van der Waals surface area (Å²) in [6.07, 6.45) is -3.14. The minimum atomic E-state index is -4.40. The van der Waals surface area contributed by atoms with E-state index in [1.165, 1.54) is 6.07 Å². The molecule has 1 aliphatic rings. The van der Waals surface area contributed by atoms with Crippen molar-refractivity contribution in [2.75, 3.05) is 25.5 Å². The lowest BCUT2D eigenvalue weighted by molar-refractivity contribution is -0.137. The number of fused-ring (bicyclic) bond motifs is 1. The van der Waals surface area contributed by atoms with Gasteiger partial charge in [-0.25, -0.2) is 9.97 Å². The van der Waals surface area contributed by atoms with E-state index in [4.69, 9.17) is 0 Å². The molecule has 1 aliphatic heterocycles. The van der Waals surface area contributed by atoms with Crippen molar-refractivity contribution in [1.29, 1.82) is 0 Å². The van der Waals surface area contributed by atoms with Gasteiger partial charge in [-0.15, -0.1) is 0 Å². The molecule has 5 nitrogen and oxygen atoms in total. The predicted octanol–water partition coefficient (Wildman–Crippen LogP) is 5.35. The van der Waals surface area contributed by atoms with Crippen LogP contribution in [0.1, 0.15) is 53.9 Å². The molecule has 0 saturated carbocycles. The summed E-state index contributed by atoms with van der Waals surface area (Å²) in [5, 5.41) is 15.4. The molecule has 3 aromatic rings. The average Bonchev–Trinajstić information content (AvgIpc) is 2.76. The summed E-state index contributed by atoms with van der Waals surface area (Å²) in [5.74, 6) is 1.11. The third kappa shape index (κ3) is 4.82. The van der Waals surface area contributed by atoms with Gasteiger partial charge in [-0.2, -0.15) is 13.2 Å². The van der Waals surface area contributed by atoms with Crippen molar-refractivity contribution >= 4 is 16.7 Å². The van der Waals surface area contributed by atoms with Crippen LogP contribution in [0.15, 0.2) is 36.4 Å². The Morgan fingerprint density at radius 1 is 1.09 bits per heavy atom. The number of likely N-dealkylation sites (tertiary alicyclic amines) is 1. The van der Waals surface area contributed by atoms with Gasteiger partial charge in [0.05, 0.1) is 16.7 Å². The van der Waals surface area contributed by atoms with Gasteiger partial charge in [0.15, 0.2) is 0 Å². The number of alkyl halides is 3. The molecule has 0 bridgehead atoms. The SMILES string of the molecule is Cc1nc(N[C@H](C)c2cccc(C(F)(F)F)c2)c2cc(C3(O)CCN(C)CC3)cc(C)c2n1. The molecule has 176 valence electrons. The van der Waals surface area contributed by atoms with Crippen LogP contribution >= 0.6 is 0 Å². The van der Waals surface area contributed by atoms with Crippen molar-refractivity contribution in [3.05, 3.63) is 64.5 Å². The highest BCUT2D eigenvalue weighted by molar-refractivity contribution is 5.92. The lowest BCUT2D eigenvalue weighted by Crippen LogP contribution is -2.40. The normalized spacial score (nSPS) is 17.8. The van der Waals surface area contributed by atoms with E-state index < -0.39 is 23.4 Å². The van der Waals surface area contributed by atoms with Gasteiger partial charge in [-0.1, -0.05) is 18.2 Å². The van der Waals surface area contributed by atoms with E-state index in [0.29, 0.717) is 30.0 Å². The van der Waals surface area contributed by atoms with Crippen LogP contribution in [0.2, 0.25) is 0 Å². The van der Waals surface area contributed by atoms with Gasteiger partial charge in [0.25, 0.3) is 0 Å². The zero-order chi connectivity index (χ0) is 24.0. The minimum absolute atomic E-state index is 0.417. The number of hydrogen-bond donors (Lipinski definition) is 2. The van der Waals surface area contributed by atoms with Crippen LogP contribution in [0.3, 0.4) is 0 Å². The summed E-state index contributed by atoms with van der Waals surface area (Å²) in [4.78, 5) is 11.4. The molecule has 0 aliphatic carbocycles. The van der Waals surface area contributed by atoms with Crippen LogP contribution in [-0.4, -0.2) is 40.1 Å². The van der Waals surface area contributed by atoms with Crippen LogP contribution in [0, 0.1) is 13.8 Å². The first-order valence-corrected chi connectivity index (χ1v) is 11.1. The second kappa shape index (κ2) is 8.57. The fraction of sp³-hybridized carbons (Fsp3) is 0.440. The number of halogens is 3. The van der Waals surface area contributed by atoms with E-state index in [0.717, 1.165) is 47.3 Å². The molecule has 1 saturated heterocycles. The van der Waals surface area contributed by atoms with E-state index in [9.17, 15) is 18.3 Å². The number of anilines is 1. The van der Waals surface area contributed by atoms with Crippen molar-refractivity contribution < 1.29 is 18.3 Å². The maximum Gasteiger partial charge on any atom is 0.416 e. The number of piperidine rings is 1. The summed E-state index contributed by atoms with van der Waals surface area (Å²) in [5.41, 5.74) is 1.41. The van der Waals surface area contributed by atoms with E-state index in [2.05, 4.69) is 20.2 Å². The summed E-state index contributed by atoms with van der Waals surface area (Å²) in [7, 11) is 2.04. The van der Waals surface area contributed by atoms with E-state index in [-0.39, 0.29) is 0 Å². The number of aliphatic hydroxyl groups is 1. The average molecular weight is 459 g/mol. The standard InChI is InChI=1S/C25H29F3N4O/c1-15-12-20(24(33)8-10-32(4)11-9-24)14-21-22(15)30-17(3)31-23(21)29-16(2)18-6-5-7-19(13-18)25(26,27)28/h5-7,12-14,16,33H,8-11H2,1-4H3,(H,29,30,31)/t16-/m1/s1. The molecule has 2 aromatic carbocycles. The molecule has 0 radical (unpaired) electrons. The topological polar surface area (TPSA) is 61.3 Å². The maximum atomic E-state index is 13.2. The molecule has 1 fully saturated rings. The summed E-state index contributed by atoms with van der Waals surface area (Å²) < 4.78 is 39.5. The van der Waals surface area contributed by atoms with Gasteiger partial charge in [0.2, 0.25) is 0 Å². The van der Waals surface area contributed by atoms with Gasteiger partial charge in [-0.3, -0.25) is 0 Å². The van der Waals surface area contributed by atoms with Crippen LogP contribution in [0.4, 0.5) is 19.0 Å². The second-order valence-electron chi connectivity index (χ2n) is 9.13. The molecular weight excluding hydrogens is 429 g/mol. The number of aryl methyl sites for hydroxylation is 2. The highest BCUT2D eigenvalue weighted by Crippen LogP contribution is 2.37. The van der Waals surface area contributed by atoms with Gasteiger partial charge in [0.1, 0.15) is 11.6 Å². The third-order valence-corrected chi connectivity index (χ3v) is 6.52. The number of aromatic nitrogens is 2. The molecule has 1 aromatic heterocycles. The molecule has 0 unspecified atom stereocenters. The Bertz CT molecular complexity index is 1170. The summed E-state index contributed by atoms with van der Waals surface area (Å²) >= 11 is 0. The Labute approximate surface area is 191 Å². The number of nitrogens with zero attached hydrogens (tertiary/aromatic N) is 3. The molecule has 0 amide bonds. The minimum Gasteiger partial charge on any atom is -0.385 e. The summed E-state index contributed by atoms with van der Waals surface area (Å²) in [6, 6.07) is 8.80. The molecule has 1 atom stereocenters. The van der Waals surface area contributed by atoms with Gasteiger partial charge in [-0.05, 0) is 75.5 Å². The largest absolute Gasteiger partial charge is 0.416 e. The zero-order valence-electron chi connectivity index (χ0n) is 19.3. The van der Waals surface area contributed by atoms with Crippen LogP contribution in [0.25, 0.3) is 10.9 Å². The van der Waals surface area contributed by atoms with Crippen molar-refractivity contribution in [2.45, 2.75) is 51.4 Å². The molecule has 2 N–H and O–H groups in total. The van der Waals surface area contributed by atoms with Gasteiger partial charge in [0, 0.05) is 24.5 Å². The molecule has 33 heavy (non-hydrogen) atoms. The van der Waals surface area contributed by atoms with Gasteiger partial charge < -0.3 is 15.3 Å². The number of rotatable bonds is 4. The Kier molecular flexibility index (Phi) is 6.09. The van der Waals surface area contributed by atoms with Crippen molar-refractivity contribution in [1.82, 2.24) is 14.9 Å². The lowest BCUT2D eigenvalue weighted by atomic mass is 9.83. The highest BCUT2D eigenvalue weighted by Gasteiger charge is 2.34. The van der Waals surface area contributed by atoms with Crippen LogP contribution in [0.5, 0.6) is 0 Å². The van der Waals surface area contributed by atoms with Crippen molar-refractivity contribution in [3.63, 3.8) is 0 Å². The first-order chi connectivity index (χ1) is 15.5. The van der Waals surface area contributed by atoms with E-state index in [1.54, 1.807) is 19.9 Å². The Hall–Kier alpha value is -2.71. The molecular formula is C25H29F3N4O. The first-order valence-electron chi connectivity index (χ1n) is 11.1. The smallest absolute Gasteiger partial charge is 0.385 e. The Morgan fingerprint density at radius 3 is 2.45 bits per heavy atom. The quantitative estimate of drug-likeness (QED) is 0.552. The fourth-order valence-corrected chi connectivity index (χ4v) is 4.45. The predicted molar refractivity (Wildman–Crippen MR) is 123 cm³/mol. The second-order valence-corrected chi connectivity index (χ2v) is 9.13. The van der Waals surface area contributed by atoms with Crippen LogP contribution < -0.4 is 5.32 Å². The Balaban J connectivity index is 1.74. The maximum absolute atomic E-state index is 13.2. The summed E-state index contributed by atoms with van der Waals surface area (Å²) in [6.45, 7) is 7.15. The highest BCUT2D eigenvalue weighted by atomic mass is 19.4. The Morgan fingerprint density at radius 2 is 1.79 bits per heavy atom. The fourth-order valence-electron chi connectivity index (χ4n) is 4.45. The monoisotopic (exact) mass is 458 g/mol. The number of hydrogen-bond acceptors (Lipinski definition) is 5. The molecule has 8 heteroatoms. The molecule has 4 rings (SSSR count). The van der Waals surface area contributed by atoms with Crippen molar-refractivity contribution in [3.8, 4) is 0 Å². The number of benzene rings is 2. The zero-order valence-corrected chi connectivity index (χ0v) is 19.3. The lowest BCUT2D eigenvalue weighted by Gasteiger charge is -2.37. The van der Waals surface area contributed by atoms with E-state index in [1.807, 2.05) is 26.1 Å². The third-order valence-electron chi connectivity index (χ3n) is 6.52. The molecule has 0 spiro atoms. The van der Waals surface area contributed by atoms with E-state index >= 15 is 0 Å². The first kappa shape index (κ1) is 23.4.